The lowest BCUT2D eigenvalue weighted by molar-refractivity contribution is -0.123. The second kappa shape index (κ2) is 5.91. The largest absolute Gasteiger partial charge is 0.352 e. The molecule has 1 fully saturated rings. The van der Waals surface area contributed by atoms with Crippen LogP contribution in [0.2, 0.25) is 0 Å². The lowest BCUT2D eigenvalue weighted by Crippen LogP contribution is -2.47. The van der Waals surface area contributed by atoms with Gasteiger partial charge in [-0.2, -0.15) is 0 Å². The zero-order valence-electron chi connectivity index (χ0n) is 10.2. The van der Waals surface area contributed by atoms with Crippen molar-refractivity contribution in [2.24, 2.45) is 17.6 Å². The molecule has 4 unspecified atom stereocenters. The molecule has 1 saturated carbocycles. The minimum atomic E-state index is -0.556. The van der Waals surface area contributed by atoms with E-state index in [2.05, 4.69) is 25.1 Å². The van der Waals surface area contributed by atoms with Gasteiger partial charge in [-0.25, -0.2) is 0 Å². The molecule has 16 heavy (non-hydrogen) atoms. The Morgan fingerprint density at radius 3 is 2.75 bits per heavy atom. The summed E-state index contributed by atoms with van der Waals surface area (Å²) in [5, 5.41) is 2.99. The summed E-state index contributed by atoms with van der Waals surface area (Å²) in [6.45, 7) is 4.51. The van der Waals surface area contributed by atoms with Crippen molar-refractivity contribution in [3.05, 3.63) is 0 Å². The van der Waals surface area contributed by atoms with E-state index in [1.54, 1.807) is 0 Å². The van der Waals surface area contributed by atoms with Crippen molar-refractivity contribution in [1.29, 1.82) is 0 Å². The van der Waals surface area contributed by atoms with Crippen LogP contribution in [0, 0.1) is 24.2 Å². The molecule has 0 aromatic carbocycles. The fraction of sp³-hybridized carbons (Fsp3) is 0.769. The number of terminal acetylenes is 1. The Balaban J connectivity index is 2.38. The van der Waals surface area contributed by atoms with Crippen LogP contribution in [0.25, 0.3) is 0 Å². The van der Waals surface area contributed by atoms with E-state index in [4.69, 9.17) is 12.2 Å². The van der Waals surface area contributed by atoms with Gasteiger partial charge in [-0.05, 0) is 31.1 Å². The summed E-state index contributed by atoms with van der Waals surface area (Å²) in [6, 6.07) is -0.276. The summed E-state index contributed by atoms with van der Waals surface area (Å²) in [6.07, 6.45) is 8.72. The molecule has 0 bridgehead atoms. The fourth-order valence-corrected chi connectivity index (χ4v) is 2.21. The number of hydrogen-bond donors (Lipinski definition) is 2. The molecule has 0 heterocycles. The lowest BCUT2D eigenvalue weighted by Gasteiger charge is -2.32. The predicted molar refractivity (Wildman–Crippen MR) is 65.5 cm³/mol. The van der Waals surface area contributed by atoms with Crippen molar-refractivity contribution in [3.63, 3.8) is 0 Å². The smallest absolute Gasteiger partial charge is 0.238 e. The van der Waals surface area contributed by atoms with Crippen molar-refractivity contribution in [3.8, 4) is 12.3 Å². The summed E-state index contributed by atoms with van der Waals surface area (Å²) < 4.78 is 0. The number of rotatable bonds is 3. The summed E-state index contributed by atoms with van der Waals surface area (Å²) in [5.74, 6) is 3.74. The highest BCUT2D eigenvalue weighted by atomic mass is 16.2. The Bertz CT molecular complexity index is 282. The SMILES string of the molecule is C#CCC(N)C(=O)NC1CCC(C)C(C)C1. The number of nitrogens with two attached hydrogens (primary N) is 1. The number of nitrogens with one attached hydrogen (secondary N) is 1. The first kappa shape index (κ1) is 13.1. The third kappa shape index (κ3) is 3.53. The third-order valence-electron chi connectivity index (χ3n) is 3.62. The standard InChI is InChI=1S/C13H22N2O/c1-4-5-12(14)13(16)15-11-7-6-9(2)10(3)8-11/h1,9-12H,5-8,14H2,2-3H3,(H,15,16). The first-order valence-corrected chi connectivity index (χ1v) is 6.04. The van der Waals surface area contributed by atoms with Gasteiger partial charge in [0, 0.05) is 12.5 Å². The Hall–Kier alpha value is -1.01. The van der Waals surface area contributed by atoms with Crippen LogP contribution in [-0.4, -0.2) is 18.0 Å². The minimum Gasteiger partial charge on any atom is -0.352 e. The maximum Gasteiger partial charge on any atom is 0.238 e. The highest BCUT2D eigenvalue weighted by Gasteiger charge is 2.26. The highest BCUT2D eigenvalue weighted by molar-refractivity contribution is 5.82. The van der Waals surface area contributed by atoms with Crippen LogP contribution in [0.4, 0.5) is 0 Å². The molecule has 3 heteroatoms. The van der Waals surface area contributed by atoms with E-state index in [1.807, 2.05) is 0 Å². The number of amides is 1. The molecule has 1 aliphatic rings. The number of carbonyl (C=O) groups is 1. The van der Waals surface area contributed by atoms with Crippen molar-refractivity contribution in [2.45, 2.75) is 51.6 Å². The summed E-state index contributed by atoms with van der Waals surface area (Å²) in [5.41, 5.74) is 5.65. The Kier molecular flexibility index (Phi) is 4.82. The molecule has 1 aliphatic carbocycles. The molecule has 4 atom stereocenters. The van der Waals surface area contributed by atoms with Crippen molar-refractivity contribution >= 4 is 5.91 Å². The molecule has 0 aromatic heterocycles. The van der Waals surface area contributed by atoms with Crippen LogP contribution in [0.3, 0.4) is 0 Å². The van der Waals surface area contributed by atoms with Gasteiger partial charge in [0.15, 0.2) is 0 Å². The van der Waals surface area contributed by atoms with Crippen molar-refractivity contribution < 1.29 is 4.79 Å². The van der Waals surface area contributed by atoms with Crippen LogP contribution in [0.15, 0.2) is 0 Å². The second-order valence-corrected chi connectivity index (χ2v) is 4.99. The average Bonchev–Trinajstić information content (AvgIpc) is 2.24. The molecule has 0 spiro atoms. The van der Waals surface area contributed by atoms with Gasteiger partial charge in [-0.1, -0.05) is 13.8 Å². The van der Waals surface area contributed by atoms with Crippen LogP contribution in [0.1, 0.15) is 39.5 Å². The maximum atomic E-state index is 11.7. The van der Waals surface area contributed by atoms with E-state index in [-0.39, 0.29) is 11.9 Å². The summed E-state index contributed by atoms with van der Waals surface area (Å²) >= 11 is 0. The zero-order valence-corrected chi connectivity index (χ0v) is 10.2. The maximum absolute atomic E-state index is 11.7. The van der Waals surface area contributed by atoms with E-state index < -0.39 is 6.04 Å². The van der Waals surface area contributed by atoms with E-state index >= 15 is 0 Å². The van der Waals surface area contributed by atoms with Gasteiger partial charge >= 0.3 is 0 Å². The lowest BCUT2D eigenvalue weighted by atomic mass is 9.79. The predicted octanol–water partition coefficient (Wildman–Crippen LogP) is 1.28. The van der Waals surface area contributed by atoms with Gasteiger partial charge in [-0.3, -0.25) is 4.79 Å². The van der Waals surface area contributed by atoms with Crippen molar-refractivity contribution in [1.82, 2.24) is 5.32 Å². The zero-order chi connectivity index (χ0) is 12.1. The van der Waals surface area contributed by atoms with E-state index in [1.165, 1.54) is 6.42 Å². The monoisotopic (exact) mass is 222 g/mol. The Morgan fingerprint density at radius 2 is 2.19 bits per heavy atom. The highest BCUT2D eigenvalue weighted by Crippen LogP contribution is 2.29. The topological polar surface area (TPSA) is 55.1 Å². The quantitative estimate of drug-likeness (QED) is 0.707. The van der Waals surface area contributed by atoms with Crippen LogP contribution >= 0.6 is 0 Å². The molecule has 0 radical (unpaired) electrons. The van der Waals surface area contributed by atoms with E-state index in [0.717, 1.165) is 18.8 Å². The van der Waals surface area contributed by atoms with Crippen LogP contribution < -0.4 is 11.1 Å². The molecule has 0 aliphatic heterocycles. The first-order chi connectivity index (χ1) is 7.54. The second-order valence-electron chi connectivity index (χ2n) is 4.99. The first-order valence-electron chi connectivity index (χ1n) is 6.04. The Morgan fingerprint density at radius 1 is 1.50 bits per heavy atom. The molecular weight excluding hydrogens is 200 g/mol. The molecule has 0 aromatic rings. The Labute approximate surface area is 98.2 Å². The average molecular weight is 222 g/mol. The molecule has 1 amide bonds. The van der Waals surface area contributed by atoms with Crippen molar-refractivity contribution in [2.75, 3.05) is 0 Å². The van der Waals surface area contributed by atoms with Crippen LogP contribution in [-0.2, 0) is 4.79 Å². The van der Waals surface area contributed by atoms with Gasteiger partial charge in [0.1, 0.15) is 0 Å². The number of hydrogen-bond acceptors (Lipinski definition) is 2. The third-order valence-corrected chi connectivity index (χ3v) is 3.62. The minimum absolute atomic E-state index is 0.107. The molecule has 3 nitrogen and oxygen atoms in total. The molecule has 0 saturated heterocycles. The molecule has 1 rings (SSSR count). The van der Waals surface area contributed by atoms with Gasteiger partial charge in [0.2, 0.25) is 5.91 Å². The van der Waals surface area contributed by atoms with E-state index in [0.29, 0.717) is 12.3 Å². The van der Waals surface area contributed by atoms with Gasteiger partial charge in [0.25, 0.3) is 0 Å². The van der Waals surface area contributed by atoms with Gasteiger partial charge in [-0.15, -0.1) is 12.3 Å². The molecule has 90 valence electrons. The molecule has 3 N–H and O–H groups in total. The summed E-state index contributed by atoms with van der Waals surface area (Å²) in [7, 11) is 0. The van der Waals surface area contributed by atoms with Gasteiger partial charge < -0.3 is 11.1 Å². The number of carbonyl (C=O) groups excluding carboxylic acids is 1. The van der Waals surface area contributed by atoms with E-state index in [9.17, 15) is 4.79 Å². The van der Waals surface area contributed by atoms with Gasteiger partial charge in [0.05, 0.1) is 6.04 Å². The normalized spacial score (nSPS) is 31.5. The summed E-state index contributed by atoms with van der Waals surface area (Å²) in [4.78, 5) is 11.7. The molecular formula is C13H22N2O. The fourth-order valence-electron chi connectivity index (χ4n) is 2.21. The van der Waals surface area contributed by atoms with Crippen LogP contribution in [0.5, 0.6) is 0 Å².